The number of rotatable bonds is 4. The summed E-state index contributed by atoms with van der Waals surface area (Å²) in [5, 5.41) is 0. The standard InChI is InChI=1S/C12H13O5P/c13-18(14,15,16-11-7-3-1-4-8-11)17-12-9-5-2-6-10-12/h1-10,13-15H. The van der Waals surface area contributed by atoms with E-state index >= 15 is 0 Å². The SMILES string of the molecule is OP(O)(O)(Oc1ccccc1)Oc1ccccc1. The van der Waals surface area contributed by atoms with Crippen LogP contribution in [-0.2, 0) is 0 Å². The van der Waals surface area contributed by atoms with Crippen LogP contribution < -0.4 is 9.05 Å². The summed E-state index contributed by atoms with van der Waals surface area (Å²) in [7, 11) is -5.66. The number of hydrogen-bond donors (Lipinski definition) is 3. The first-order chi connectivity index (χ1) is 8.42. The molecule has 2 rings (SSSR count). The van der Waals surface area contributed by atoms with Gasteiger partial charge in [0.2, 0.25) is 0 Å². The minimum atomic E-state index is -5.66. The van der Waals surface area contributed by atoms with Crippen molar-refractivity contribution in [3.05, 3.63) is 60.7 Å². The van der Waals surface area contributed by atoms with E-state index in [9.17, 15) is 14.7 Å². The average Bonchev–Trinajstić information content (AvgIpc) is 2.29. The quantitative estimate of drug-likeness (QED) is 0.741. The Bertz CT molecular complexity index is 461. The predicted octanol–water partition coefficient (Wildman–Crippen LogP) is 2.25. The molecule has 0 radical (unpaired) electrons. The summed E-state index contributed by atoms with van der Waals surface area (Å²) in [6, 6.07) is 15.9. The third kappa shape index (κ3) is 3.68. The minimum absolute atomic E-state index is 0.0959. The molecule has 0 aliphatic heterocycles. The fraction of sp³-hybridized carbons (Fsp3) is 0. The van der Waals surface area contributed by atoms with Gasteiger partial charge in [0, 0.05) is 0 Å². The van der Waals surface area contributed by atoms with Gasteiger partial charge in [0.05, 0.1) is 0 Å². The van der Waals surface area contributed by atoms with Gasteiger partial charge >= 0.3 is 104 Å². The van der Waals surface area contributed by atoms with Gasteiger partial charge in [-0.15, -0.1) is 0 Å². The molecular formula is C12H13O5P. The van der Waals surface area contributed by atoms with E-state index in [0.717, 1.165) is 0 Å². The fourth-order valence-electron chi connectivity index (χ4n) is 1.35. The van der Waals surface area contributed by atoms with Gasteiger partial charge in [-0.2, -0.15) is 0 Å². The zero-order valence-corrected chi connectivity index (χ0v) is 10.3. The Morgan fingerprint density at radius 2 is 0.944 bits per heavy atom. The van der Waals surface area contributed by atoms with Crippen molar-refractivity contribution in [3.8, 4) is 11.5 Å². The maximum absolute atomic E-state index is 9.68. The molecule has 0 amide bonds. The third-order valence-electron chi connectivity index (χ3n) is 2.02. The van der Waals surface area contributed by atoms with E-state index in [2.05, 4.69) is 0 Å². The Morgan fingerprint density at radius 1 is 0.611 bits per heavy atom. The Balaban J connectivity index is 2.17. The van der Waals surface area contributed by atoms with E-state index in [1.54, 1.807) is 36.4 Å². The summed E-state index contributed by atoms with van der Waals surface area (Å²) >= 11 is 0. The number of para-hydroxylation sites is 2. The van der Waals surface area contributed by atoms with Crippen LogP contribution in [0.25, 0.3) is 0 Å². The van der Waals surface area contributed by atoms with Crippen LogP contribution in [0, 0.1) is 0 Å². The molecule has 0 aromatic heterocycles. The molecule has 0 saturated carbocycles. The molecule has 0 unspecified atom stereocenters. The monoisotopic (exact) mass is 268 g/mol. The predicted molar refractivity (Wildman–Crippen MR) is 67.7 cm³/mol. The normalized spacial score (nSPS) is 13.4. The second-order valence-corrected chi connectivity index (χ2v) is 5.67. The van der Waals surface area contributed by atoms with E-state index < -0.39 is 7.74 Å². The Hall–Kier alpha value is -1.65. The van der Waals surface area contributed by atoms with Crippen LogP contribution in [0.15, 0.2) is 60.7 Å². The maximum atomic E-state index is 9.68. The van der Waals surface area contributed by atoms with Crippen LogP contribution in [0.4, 0.5) is 0 Å². The summed E-state index contributed by atoms with van der Waals surface area (Å²) in [6.45, 7) is 0. The van der Waals surface area contributed by atoms with Crippen molar-refractivity contribution in [1.29, 1.82) is 0 Å². The Morgan fingerprint density at radius 3 is 1.28 bits per heavy atom. The van der Waals surface area contributed by atoms with Crippen molar-refractivity contribution < 1.29 is 23.7 Å². The first-order valence-corrected chi connectivity index (χ1v) is 7.13. The second kappa shape index (κ2) is 4.55. The number of hydrogen-bond acceptors (Lipinski definition) is 5. The summed E-state index contributed by atoms with van der Waals surface area (Å²) in [5.74, 6) is 0.192. The van der Waals surface area contributed by atoms with Crippen LogP contribution in [0.3, 0.4) is 0 Å². The van der Waals surface area contributed by atoms with E-state index in [1.807, 2.05) is 0 Å². The van der Waals surface area contributed by atoms with Crippen LogP contribution in [0.1, 0.15) is 0 Å². The van der Waals surface area contributed by atoms with E-state index in [4.69, 9.17) is 9.05 Å². The van der Waals surface area contributed by atoms with E-state index in [0.29, 0.717) is 0 Å². The molecule has 0 bridgehead atoms. The molecule has 0 spiro atoms. The third-order valence-corrected chi connectivity index (χ3v) is 3.08. The Labute approximate surface area is 104 Å². The number of benzene rings is 2. The molecule has 6 heteroatoms. The molecule has 0 atom stereocenters. The topological polar surface area (TPSA) is 79.2 Å². The van der Waals surface area contributed by atoms with Gasteiger partial charge in [0.1, 0.15) is 0 Å². The van der Waals surface area contributed by atoms with Gasteiger partial charge in [-0.1, -0.05) is 0 Å². The van der Waals surface area contributed by atoms with Crippen molar-refractivity contribution in [2.24, 2.45) is 0 Å². The van der Waals surface area contributed by atoms with Crippen molar-refractivity contribution in [2.75, 3.05) is 0 Å². The van der Waals surface area contributed by atoms with Gasteiger partial charge < -0.3 is 0 Å². The van der Waals surface area contributed by atoms with Gasteiger partial charge in [0.25, 0.3) is 0 Å². The van der Waals surface area contributed by atoms with Crippen molar-refractivity contribution >= 4 is 7.74 Å². The van der Waals surface area contributed by atoms with Gasteiger partial charge in [-0.25, -0.2) is 0 Å². The van der Waals surface area contributed by atoms with Crippen molar-refractivity contribution in [3.63, 3.8) is 0 Å². The molecule has 0 fully saturated rings. The zero-order chi connectivity index (χ0) is 13.1. The summed E-state index contributed by atoms with van der Waals surface area (Å²) in [6.07, 6.45) is 0. The first-order valence-electron chi connectivity index (χ1n) is 5.19. The Kier molecular flexibility index (Phi) is 3.24. The molecular weight excluding hydrogens is 255 g/mol. The molecule has 0 heterocycles. The molecule has 5 nitrogen and oxygen atoms in total. The fourth-order valence-corrected chi connectivity index (χ4v) is 2.37. The molecule has 2 aromatic rings. The zero-order valence-electron chi connectivity index (χ0n) is 9.38. The summed E-state index contributed by atoms with van der Waals surface area (Å²) in [5.41, 5.74) is 0. The van der Waals surface area contributed by atoms with Crippen molar-refractivity contribution in [1.82, 2.24) is 0 Å². The van der Waals surface area contributed by atoms with E-state index in [-0.39, 0.29) is 11.5 Å². The second-order valence-electron chi connectivity index (χ2n) is 3.64. The van der Waals surface area contributed by atoms with Crippen LogP contribution in [0.2, 0.25) is 0 Å². The molecule has 2 aromatic carbocycles. The molecule has 0 aliphatic carbocycles. The molecule has 0 saturated heterocycles. The van der Waals surface area contributed by atoms with Gasteiger partial charge in [0.15, 0.2) is 0 Å². The van der Waals surface area contributed by atoms with Crippen molar-refractivity contribution in [2.45, 2.75) is 0 Å². The first kappa shape index (κ1) is 12.8. The van der Waals surface area contributed by atoms with Gasteiger partial charge in [-0.05, 0) is 0 Å². The summed E-state index contributed by atoms with van der Waals surface area (Å²) < 4.78 is 9.54. The molecule has 0 aliphatic rings. The molecule has 3 N–H and O–H groups in total. The van der Waals surface area contributed by atoms with Crippen LogP contribution in [-0.4, -0.2) is 14.7 Å². The summed E-state index contributed by atoms with van der Waals surface area (Å²) in [4.78, 5) is 29.1. The van der Waals surface area contributed by atoms with E-state index in [1.165, 1.54) is 24.3 Å². The van der Waals surface area contributed by atoms with Gasteiger partial charge in [-0.3, -0.25) is 0 Å². The van der Waals surface area contributed by atoms with Crippen LogP contribution >= 0.6 is 7.74 Å². The van der Waals surface area contributed by atoms with Crippen LogP contribution in [0.5, 0.6) is 11.5 Å². The molecule has 96 valence electrons. The molecule has 18 heavy (non-hydrogen) atoms. The average molecular weight is 268 g/mol.